The molecule has 0 aliphatic heterocycles. The Labute approximate surface area is 85.6 Å². The molecule has 0 saturated heterocycles. The Morgan fingerprint density at radius 3 is 3.14 bits per heavy atom. The fourth-order valence-electron chi connectivity index (χ4n) is 1.23. The van der Waals surface area contributed by atoms with Gasteiger partial charge in [-0.25, -0.2) is 0 Å². The first-order chi connectivity index (χ1) is 6.81. The van der Waals surface area contributed by atoms with E-state index in [0.29, 0.717) is 17.0 Å². The molecule has 1 aromatic heterocycles. The van der Waals surface area contributed by atoms with E-state index in [1.54, 1.807) is 6.20 Å². The van der Waals surface area contributed by atoms with Crippen LogP contribution in [0.2, 0.25) is 0 Å². The second kappa shape index (κ2) is 3.84. The highest BCUT2D eigenvalue weighted by Gasteiger charge is 2.25. The average Bonchev–Trinajstić information content (AvgIpc) is 2.98. The van der Waals surface area contributed by atoms with Crippen LogP contribution in [0.1, 0.15) is 18.9 Å². The maximum atomic E-state index is 11.0. The predicted molar refractivity (Wildman–Crippen MR) is 53.1 cm³/mol. The maximum absolute atomic E-state index is 11.0. The molecular formula is C9H9N3OS. The molecule has 0 spiro atoms. The molecule has 0 unspecified atom stereocenters. The fourth-order valence-corrected chi connectivity index (χ4v) is 1.94. The van der Waals surface area contributed by atoms with Crippen molar-refractivity contribution in [3.63, 3.8) is 0 Å². The van der Waals surface area contributed by atoms with Crippen LogP contribution in [0.15, 0.2) is 22.2 Å². The molecule has 2 rings (SSSR count). The number of hydrogen-bond donors (Lipinski definition) is 0. The number of rotatable bonds is 3. The molecule has 14 heavy (non-hydrogen) atoms. The molecule has 1 heterocycles. The van der Waals surface area contributed by atoms with E-state index < -0.39 is 0 Å². The maximum Gasteiger partial charge on any atom is 0.273 e. The van der Waals surface area contributed by atoms with E-state index in [1.165, 1.54) is 17.8 Å². The average molecular weight is 207 g/mol. The van der Waals surface area contributed by atoms with Crippen molar-refractivity contribution in [2.45, 2.75) is 24.0 Å². The summed E-state index contributed by atoms with van der Waals surface area (Å²) in [6.07, 6.45) is 4.06. The third-order valence-electron chi connectivity index (χ3n) is 2.01. The molecule has 1 aliphatic rings. The number of thioether (sulfide) groups is 1. The van der Waals surface area contributed by atoms with Gasteiger partial charge in [0.25, 0.3) is 5.56 Å². The highest BCUT2D eigenvalue weighted by molar-refractivity contribution is 7.99. The van der Waals surface area contributed by atoms with Crippen molar-refractivity contribution in [2.75, 3.05) is 5.75 Å². The monoisotopic (exact) mass is 207 g/mol. The molecule has 1 aliphatic carbocycles. The summed E-state index contributed by atoms with van der Waals surface area (Å²) < 4.78 is 1.99. The summed E-state index contributed by atoms with van der Waals surface area (Å²) >= 11 is 1.32. The van der Waals surface area contributed by atoms with Crippen molar-refractivity contribution < 1.29 is 0 Å². The fraction of sp³-hybridized carbons (Fsp3) is 0.444. The number of aromatic nitrogens is 2. The van der Waals surface area contributed by atoms with Crippen LogP contribution in [0.25, 0.3) is 0 Å². The lowest BCUT2D eigenvalue weighted by atomic mass is 10.6. The molecule has 1 fully saturated rings. The smallest absolute Gasteiger partial charge is 0.273 e. The van der Waals surface area contributed by atoms with Gasteiger partial charge in [-0.2, -0.15) is 10.2 Å². The zero-order valence-electron chi connectivity index (χ0n) is 7.51. The highest BCUT2D eigenvalue weighted by Crippen LogP contribution is 2.36. The van der Waals surface area contributed by atoms with Gasteiger partial charge in [-0.1, -0.05) is 11.8 Å². The van der Waals surface area contributed by atoms with Gasteiger partial charge in [0.2, 0.25) is 0 Å². The minimum Gasteiger partial charge on any atom is -0.324 e. The summed E-state index contributed by atoms with van der Waals surface area (Å²) in [5.41, 5.74) is -0.234. The van der Waals surface area contributed by atoms with E-state index >= 15 is 0 Å². The molecule has 0 aromatic carbocycles. The van der Waals surface area contributed by atoms with Crippen LogP contribution in [0.4, 0.5) is 0 Å². The lowest BCUT2D eigenvalue weighted by Crippen LogP contribution is -2.12. The summed E-state index contributed by atoms with van der Waals surface area (Å²) in [4.78, 5) is 14.9. The Morgan fingerprint density at radius 2 is 2.50 bits per heavy atom. The Balaban J connectivity index is 2.29. The van der Waals surface area contributed by atoms with Crippen LogP contribution in [0.3, 0.4) is 0 Å². The Kier molecular flexibility index (Phi) is 2.55. The Morgan fingerprint density at radius 1 is 1.71 bits per heavy atom. The van der Waals surface area contributed by atoms with E-state index in [9.17, 15) is 4.79 Å². The second-order valence-electron chi connectivity index (χ2n) is 3.13. The third kappa shape index (κ3) is 1.96. The third-order valence-corrected chi connectivity index (χ3v) is 2.84. The minimum absolute atomic E-state index is 0.234. The summed E-state index contributed by atoms with van der Waals surface area (Å²) in [6, 6.07) is 3.99. The molecule has 0 atom stereocenters. The molecule has 4 nitrogen and oxygen atoms in total. The van der Waals surface area contributed by atoms with Crippen molar-refractivity contribution in [1.29, 1.82) is 5.26 Å². The van der Waals surface area contributed by atoms with Crippen molar-refractivity contribution >= 4 is 11.8 Å². The number of nitrogens with zero attached hydrogens (tertiary/aromatic N) is 3. The van der Waals surface area contributed by atoms with Crippen LogP contribution in [0.5, 0.6) is 0 Å². The van der Waals surface area contributed by atoms with Crippen LogP contribution >= 0.6 is 11.8 Å². The predicted octanol–water partition coefficient (Wildman–Crippen LogP) is 1.19. The Hall–Kier alpha value is -1.28. The van der Waals surface area contributed by atoms with Gasteiger partial charge >= 0.3 is 0 Å². The zero-order valence-corrected chi connectivity index (χ0v) is 8.33. The standard InChI is InChI=1S/C9H9N3OS/c10-4-6-14-9-11-8(13)3-5-12(9)7-1-2-7/h3,5,7H,1-2,6H2. The van der Waals surface area contributed by atoms with Gasteiger partial charge in [-0.05, 0) is 12.8 Å². The zero-order chi connectivity index (χ0) is 9.97. The molecule has 0 radical (unpaired) electrons. The van der Waals surface area contributed by atoms with E-state index in [0.717, 1.165) is 12.8 Å². The van der Waals surface area contributed by atoms with Crippen molar-refractivity contribution in [3.8, 4) is 6.07 Å². The van der Waals surface area contributed by atoms with Gasteiger partial charge in [0.15, 0.2) is 5.16 Å². The van der Waals surface area contributed by atoms with Crippen LogP contribution in [-0.4, -0.2) is 15.3 Å². The van der Waals surface area contributed by atoms with E-state index in [1.807, 2.05) is 10.6 Å². The minimum atomic E-state index is -0.234. The summed E-state index contributed by atoms with van der Waals surface area (Å²) in [5.74, 6) is 0.336. The molecule has 0 amide bonds. The quantitative estimate of drug-likeness (QED) is 0.552. The Bertz CT molecular complexity index is 430. The van der Waals surface area contributed by atoms with Gasteiger partial charge in [-0.3, -0.25) is 4.79 Å². The van der Waals surface area contributed by atoms with Gasteiger partial charge in [0.05, 0.1) is 11.8 Å². The lowest BCUT2D eigenvalue weighted by molar-refractivity contribution is 0.624. The summed E-state index contributed by atoms with van der Waals surface area (Å²) in [7, 11) is 0. The van der Waals surface area contributed by atoms with Gasteiger partial charge in [0, 0.05) is 18.3 Å². The number of nitriles is 1. The van der Waals surface area contributed by atoms with Gasteiger partial charge in [-0.15, -0.1) is 0 Å². The van der Waals surface area contributed by atoms with Crippen LogP contribution in [0, 0.1) is 11.3 Å². The molecule has 5 heteroatoms. The first-order valence-corrected chi connectivity index (χ1v) is 5.39. The molecule has 1 aromatic rings. The molecule has 0 N–H and O–H groups in total. The van der Waals surface area contributed by atoms with E-state index in [4.69, 9.17) is 5.26 Å². The number of hydrogen-bond acceptors (Lipinski definition) is 4. The topological polar surface area (TPSA) is 58.7 Å². The molecule has 72 valence electrons. The molecule has 1 saturated carbocycles. The van der Waals surface area contributed by atoms with Gasteiger partial charge < -0.3 is 4.57 Å². The van der Waals surface area contributed by atoms with Crippen LogP contribution in [-0.2, 0) is 0 Å². The second-order valence-corrected chi connectivity index (χ2v) is 4.08. The molecular weight excluding hydrogens is 198 g/mol. The van der Waals surface area contributed by atoms with Crippen molar-refractivity contribution in [1.82, 2.24) is 9.55 Å². The van der Waals surface area contributed by atoms with E-state index in [-0.39, 0.29) is 5.56 Å². The SMILES string of the molecule is N#CCSc1nc(=O)ccn1C1CC1. The van der Waals surface area contributed by atoms with Gasteiger partial charge in [0.1, 0.15) is 0 Å². The van der Waals surface area contributed by atoms with Crippen LogP contribution < -0.4 is 5.56 Å². The normalized spacial score (nSPS) is 15.1. The van der Waals surface area contributed by atoms with Crippen molar-refractivity contribution in [2.24, 2.45) is 0 Å². The lowest BCUT2D eigenvalue weighted by Gasteiger charge is -2.07. The molecule has 0 bridgehead atoms. The first-order valence-electron chi connectivity index (χ1n) is 4.40. The largest absolute Gasteiger partial charge is 0.324 e. The summed E-state index contributed by atoms with van der Waals surface area (Å²) in [5, 5.41) is 9.12. The van der Waals surface area contributed by atoms with Crippen molar-refractivity contribution in [3.05, 3.63) is 22.6 Å². The first kappa shape index (κ1) is 9.28. The summed E-state index contributed by atoms with van der Waals surface area (Å²) in [6.45, 7) is 0. The van der Waals surface area contributed by atoms with E-state index in [2.05, 4.69) is 4.98 Å². The highest BCUT2D eigenvalue weighted by atomic mass is 32.2.